The second-order valence-corrected chi connectivity index (χ2v) is 6.57. The smallest absolute Gasteiger partial charge is 0.274 e. The minimum atomic E-state index is -0.264. The van der Waals surface area contributed by atoms with Crippen LogP contribution in [0.25, 0.3) is 0 Å². The van der Waals surface area contributed by atoms with E-state index in [4.69, 9.17) is 23.2 Å². The molecule has 3 aromatic rings. The molecule has 26 heavy (non-hydrogen) atoms. The highest BCUT2D eigenvalue weighted by atomic mass is 35.5. The van der Waals surface area contributed by atoms with Gasteiger partial charge in [-0.15, -0.1) is 0 Å². The second-order valence-electron chi connectivity index (χ2n) is 5.70. The van der Waals surface area contributed by atoms with Crippen molar-refractivity contribution in [3.8, 4) is 0 Å². The summed E-state index contributed by atoms with van der Waals surface area (Å²) in [5.74, 6) is -0.264. The largest absolute Gasteiger partial charge is 0.383 e. The van der Waals surface area contributed by atoms with Gasteiger partial charge in [0.2, 0.25) is 0 Å². The third kappa shape index (κ3) is 5.22. The predicted octanol–water partition coefficient (Wildman–Crippen LogP) is 5.30. The van der Waals surface area contributed by atoms with E-state index in [1.165, 1.54) is 5.56 Å². The van der Waals surface area contributed by atoms with Gasteiger partial charge < -0.3 is 10.6 Å². The molecule has 3 rings (SSSR count). The number of benzene rings is 2. The Morgan fingerprint density at radius 1 is 0.846 bits per heavy atom. The lowest BCUT2D eigenvalue weighted by Gasteiger charge is -2.08. The minimum absolute atomic E-state index is 0.264. The highest BCUT2D eigenvalue weighted by Crippen LogP contribution is 2.15. The monoisotopic (exact) mass is 385 g/mol. The van der Waals surface area contributed by atoms with Crippen LogP contribution in [0.2, 0.25) is 10.0 Å². The van der Waals surface area contributed by atoms with Gasteiger partial charge in [-0.2, -0.15) is 0 Å². The second kappa shape index (κ2) is 8.70. The first-order valence-electron chi connectivity index (χ1n) is 8.11. The van der Waals surface area contributed by atoms with Crippen molar-refractivity contribution in [1.29, 1.82) is 0 Å². The molecule has 1 aromatic heterocycles. The zero-order valence-electron chi connectivity index (χ0n) is 13.9. The maximum Gasteiger partial charge on any atom is 0.274 e. The van der Waals surface area contributed by atoms with Crippen molar-refractivity contribution < 1.29 is 4.79 Å². The number of anilines is 2. The van der Waals surface area contributed by atoms with Gasteiger partial charge in [0.05, 0.1) is 11.9 Å². The van der Waals surface area contributed by atoms with Crippen LogP contribution in [0.15, 0.2) is 66.9 Å². The lowest BCUT2D eigenvalue weighted by atomic mass is 10.1. The summed E-state index contributed by atoms with van der Waals surface area (Å²) in [4.78, 5) is 16.4. The van der Waals surface area contributed by atoms with Crippen LogP contribution in [0.3, 0.4) is 0 Å². The maximum absolute atomic E-state index is 12.2. The van der Waals surface area contributed by atoms with Gasteiger partial charge in [0, 0.05) is 22.3 Å². The number of pyridine rings is 1. The van der Waals surface area contributed by atoms with Gasteiger partial charge in [0.25, 0.3) is 5.91 Å². The van der Waals surface area contributed by atoms with Crippen LogP contribution in [0.4, 0.5) is 11.4 Å². The van der Waals surface area contributed by atoms with Gasteiger partial charge in [-0.1, -0.05) is 35.3 Å². The summed E-state index contributed by atoms with van der Waals surface area (Å²) in [6, 6.07) is 18.2. The molecule has 0 bridgehead atoms. The van der Waals surface area contributed by atoms with Crippen molar-refractivity contribution in [2.45, 2.75) is 6.42 Å². The van der Waals surface area contributed by atoms with Crippen LogP contribution in [0.5, 0.6) is 0 Å². The Hall–Kier alpha value is -2.56. The van der Waals surface area contributed by atoms with Gasteiger partial charge in [0.1, 0.15) is 5.69 Å². The van der Waals surface area contributed by atoms with E-state index in [9.17, 15) is 4.79 Å². The van der Waals surface area contributed by atoms with Crippen molar-refractivity contribution in [3.05, 3.63) is 88.2 Å². The predicted molar refractivity (Wildman–Crippen MR) is 107 cm³/mol. The van der Waals surface area contributed by atoms with Gasteiger partial charge in [-0.3, -0.25) is 4.79 Å². The van der Waals surface area contributed by atoms with Crippen molar-refractivity contribution in [2.75, 3.05) is 17.2 Å². The Kier molecular flexibility index (Phi) is 6.10. The Labute approximate surface area is 162 Å². The Balaban J connectivity index is 1.51. The third-order valence-corrected chi connectivity index (χ3v) is 4.26. The van der Waals surface area contributed by atoms with Gasteiger partial charge in [-0.25, -0.2) is 4.98 Å². The molecule has 0 aliphatic rings. The number of nitrogens with zero attached hydrogens (tertiary/aromatic N) is 1. The molecular formula is C20H17Cl2N3O. The van der Waals surface area contributed by atoms with Gasteiger partial charge in [0.15, 0.2) is 0 Å². The molecule has 0 atom stereocenters. The van der Waals surface area contributed by atoms with E-state index in [1.54, 1.807) is 36.5 Å². The first kappa shape index (κ1) is 18.2. The summed E-state index contributed by atoms with van der Waals surface area (Å²) < 4.78 is 0. The van der Waals surface area contributed by atoms with Gasteiger partial charge in [-0.05, 0) is 60.5 Å². The third-order valence-electron chi connectivity index (χ3n) is 3.75. The van der Waals surface area contributed by atoms with Crippen molar-refractivity contribution in [1.82, 2.24) is 4.98 Å². The van der Waals surface area contributed by atoms with Crippen LogP contribution in [0, 0.1) is 0 Å². The van der Waals surface area contributed by atoms with Gasteiger partial charge >= 0.3 is 0 Å². The number of halogens is 2. The Morgan fingerprint density at radius 2 is 1.46 bits per heavy atom. The van der Waals surface area contributed by atoms with E-state index < -0.39 is 0 Å². The molecule has 1 amide bonds. The molecule has 0 aliphatic heterocycles. The molecule has 132 valence electrons. The van der Waals surface area contributed by atoms with E-state index in [0.717, 1.165) is 23.7 Å². The number of nitrogens with one attached hydrogen (secondary N) is 2. The number of aromatic nitrogens is 1. The fourth-order valence-electron chi connectivity index (χ4n) is 2.36. The van der Waals surface area contributed by atoms with E-state index in [2.05, 4.69) is 15.6 Å². The van der Waals surface area contributed by atoms with Crippen molar-refractivity contribution in [2.24, 2.45) is 0 Å². The molecule has 2 N–H and O–H groups in total. The summed E-state index contributed by atoms with van der Waals surface area (Å²) in [5.41, 5.74) is 3.09. The minimum Gasteiger partial charge on any atom is -0.383 e. The van der Waals surface area contributed by atoms with Crippen LogP contribution < -0.4 is 10.6 Å². The zero-order chi connectivity index (χ0) is 18.4. The Bertz CT molecular complexity index is 863. The molecule has 0 unspecified atom stereocenters. The SMILES string of the molecule is O=C(Nc1ccc(Cl)cc1)c1ccc(NCCc2ccc(Cl)cc2)cn1. The number of hydrogen-bond acceptors (Lipinski definition) is 3. The molecule has 0 fully saturated rings. The quantitative estimate of drug-likeness (QED) is 0.605. The standard InChI is InChI=1S/C20H17Cl2N3O/c21-15-3-1-14(2-4-15)11-12-23-18-9-10-19(24-13-18)20(26)25-17-7-5-16(22)6-8-17/h1-10,13,23H,11-12H2,(H,25,26). The number of hydrogen-bond donors (Lipinski definition) is 2. The highest BCUT2D eigenvalue weighted by molar-refractivity contribution is 6.30. The van der Waals surface area contributed by atoms with Crippen LogP contribution in [-0.2, 0) is 6.42 Å². The molecule has 4 nitrogen and oxygen atoms in total. The van der Waals surface area contributed by atoms with Crippen molar-refractivity contribution in [3.63, 3.8) is 0 Å². The molecular weight excluding hydrogens is 369 g/mol. The molecule has 2 aromatic carbocycles. The zero-order valence-corrected chi connectivity index (χ0v) is 15.4. The highest BCUT2D eigenvalue weighted by Gasteiger charge is 2.07. The lowest BCUT2D eigenvalue weighted by molar-refractivity contribution is 0.102. The molecule has 0 spiro atoms. The van der Waals surface area contributed by atoms with E-state index in [-0.39, 0.29) is 5.91 Å². The first-order chi connectivity index (χ1) is 12.6. The maximum atomic E-state index is 12.2. The van der Waals surface area contributed by atoms with E-state index in [0.29, 0.717) is 16.4 Å². The average Bonchev–Trinajstić information content (AvgIpc) is 2.66. The lowest BCUT2D eigenvalue weighted by Crippen LogP contribution is -2.14. The Morgan fingerprint density at radius 3 is 2.08 bits per heavy atom. The number of carbonyl (C=O) groups is 1. The summed E-state index contributed by atoms with van der Waals surface area (Å²) in [7, 11) is 0. The fourth-order valence-corrected chi connectivity index (χ4v) is 2.62. The summed E-state index contributed by atoms with van der Waals surface area (Å²) in [6.07, 6.45) is 2.52. The number of rotatable bonds is 6. The first-order valence-corrected chi connectivity index (χ1v) is 8.87. The molecule has 6 heteroatoms. The van der Waals surface area contributed by atoms with Crippen LogP contribution >= 0.6 is 23.2 Å². The topological polar surface area (TPSA) is 54.0 Å². The molecule has 0 radical (unpaired) electrons. The summed E-state index contributed by atoms with van der Waals surface area (Å²) >= 11 is 11.7. The molecule has 1 heterocycles. The molecule has 0 saturated carbocycles. The van der Waals surface area contributed by atoms with Crippen LogP contribution in [-0.4, -0.2) is 17.4 Å². The summed E-state index contributed by atoms with van der Waals surface area (Å²) in [6.45, 7) is 0.764. The fraction of sp³-hybridized carbons (Fsp3) is 0.100. The van der Waals surface area contributed by atoms with E-state index >= 15 is 0 Å². The number of amides is 1. The number of carbonyl (C=O) groups excluding carboxylic acids is 1. The molecule has 0 aliphatic carbocycles. The van der Waals surface area contributed by atoms with Crippen LogP contribution in [0.1, 0.15) is 16.1 Å². The molecule has 0 saturated heterocycles. The van der Waals surface area contributed by atoms with Crippen molar-refractivity contribution >= 4 is 40.5 Å². The summed E-state index contributed by atoms with van der Waals surface area (Å²) in [5, 5.41) is 7.43. The normalized spacial score (nSPS) is 10.4. The van der Waals surface area contributed by atoms with E-state index in [1.807, 2.05) is 30.3 Å². The average molecular weight is 386 g/mol.